The van der Waals surface area contributed by atoms with Crippen molar-refractivity contribution in [1.82, 2.24) is 9.97 Å². The predicted octanol–water partition coefficient (Wildman–Crippen LogP) is 4.03. The Hall–Kier alpha value is -1.33. The van der Waals surface area contributed by atoms with E-state index in [1.807, 2.05) is 24.5 Å². The number of hydrogen-bond acceptors (Lipinski definition) is 5. The van der Waals surface area contributed by atoms with Gasteiger partial charge in [0.05, 0.1) is 0 Å². The molecule has 2 aromatic rings. The van der Waals surface area contributed by atoms with Crippen molar-refractivity contribution in [2.45, 2.75) is 17.2 Å². The first-order chi connectivity index (χ1) is 8.85. The van der Waals surface area contributed by atoms with Gasteiger partial charge in [0, 0.05) is 6.07 Å². The van der Waals surface area contributed by atoms with Gasteiger partial charge >= 0.3 is 0 Å². The number of ether oxygens (including phenoxy) is 1. The molecule has 0 unspecified atom stereocenters. The lowest BCUT2D eigenvalue weighted by Gasteiger charge is -2.07. The van der Waals surface area contributed by atoms with Crippen LogP contribution in [0.4, 0.5) is 0 Å². The van der Waals surface area contributed by atoms with Gasteiger partial charge in [-0.1, -0.05) is 29.2 Å². The molecule has 0 spiro atoms. The van der Waals surface area contributed by atoms with Crippen molar-refractivity contribution in [3.05, 3.63) is 36.1 Å². The second-order valence-corrected chi connectivity index (χ2v) is 5.88. The Bertz CT molecular complexity index is 631. The van der Waals surface area contributed by atoms with Crippen molar-refractivity contribution < 1.29 is 4.74 Å². The van der Waals surface area contributed by atoms with Crippen LogP contribution in [-0.2, 0) is 0 Å². The Kier molecular flexibility index (Phi) is 3.34. The third kappa shape index (κ3) is 2.42. The molecule has 1 aliphatic rings. The van der Waals surface area contributed by atoms with Crippen LogP contribution in [0.1, 0.15) is 12.8 Å². The van der Waals surface area contributed by atoms with E-state index >= 15 is 0 Å². The lowest BCUT2D eigenvalue weighted by molar-refractivity contribution is 0.424. The lowest BCUT2D eigenvalue weighted by atomic mass is 10.2. The van der Waals surface area contributed by atoms with Crippen molar-refractivity contribution in [3.63, 3.8) is 0 Å². The average Bonchev–Trinajstić information content (AvgIpc) is 2.82. The van der Waals surface area contributed by atoms with Crippen molar-refractivity contribution in [2.75, 3.05) is 6.26 Å². The Morgan fingerprint density at radius 1 is 1.28 bits per heavy atom. The van der Waals surface area contributed by atoms with Gasteiger partial charge in [-0.3, -0.25) is 0 Å². The molecule has 3 nitrogen and oxygen atoms in total. The highest BCUT2D eigenvalue weighted by Gasteiger charge is 2.07. The van der Waals surface area contributed by atoms with Gasteiger partial charge in [-0.05, 0) is 37.3 Å². The number of nitrogens with zero attached hydrogens (tertiary/aromatic N) is 2. The zero-order valence-corrected chi connectivity index (χ0v) is 11.6. The molecule has 2 heterocycles. The molecule has 0 fully saturated rings. The lowest BCUT2D eigenvalue weighted by Crippen LogP contribution is -1.96. The Morgan fingerprint density at radius 2 is 2.22 bits per heavy atom. The van der Waals surface area contributed by atoms with E-state index in [2.05, 4.69) is 22.1 Å². The smallest absolute Gasteiger partial charge is 0.220 e. The fraction of sp³-hybridized carbons (Fsp3) is 0.231. The van der Waals surface area contributed by atoms with Gasteiger partial charge in [0.1, 0.15) is 16.1 Å². The van der Waals surface area contributed by atoms with Crippen LogP contribution in [0, 0.1) is 0 Å². The van der Waals surface area contributed by atoms with Crippen LogP contribution >= 0.6 is 23.1 Å². The number of hydrogen-bond donors (Lipinski definition) is 0. The van der Waals surface area contributed by atoms with E-state index in [-0.39, 0.29) is 0 Å². The van der Waals surface area contributed by atoms with E-state index in [4.69, 9.17) is 4.74 Å². The summed E-state index contributed by atoms with van der Waals surface area (Å²) in [4.78, 5) is 9.87. The van der Waals surface area contributed by atoms with Crippen LogP contribution in [0.3, 0.4) is 0 Å². The molecule has 18 heavy (non-hydrogen) atoms. The zero-order chi connectivity index (χ0) is 12.4. The summed E-state index contributed by atoms with van der Waals surface area (Å²) < 4.78 is 6.78. The molecular formula is C13H12N2OS2. The van der Waals surface area contributed by atoms with Gasteiger partial charge in [-0.2, -0.15) is 0 Å². The van der Waals surface area contributed by atoms with E-state index in [1.54, 1.807) is 23.1 Å². The summed E-state index contributed by atoms with van der Waals surface area (Å²) in [6, 6.07) is 3.83. The molecule has 0 saturated carbocycles. The number of allylic oxidation sites excluding steroid dienone is 3. The molecule has 0 N–H and O–H groups in total. The van der Waals surface area contributed by atoms with Crippen molar-refractivity contribution in [1.29, 1.82) is 0 Å². The highest BCUT2D eigenvalue weighted by atomic mass is 32.2. The number of thiazole rings is 1. The van der Waals surface area contributed by atoms with Gasteiger partial charge in [-0.15, -0.1) is 0 Å². The number of aromatic nitrogens is 2. The third-order valence-electron chi connectivity index (χ3n) is 2.57. The molecule has 3 rings (SSSR count). The molecule has 0 atom stereocenters. The first-order valence-electron chi connectivity index (χ1n) is 5.71. The van der Waals surface area contributed by atoms with E-state index < -0.39 is 0 Å². The Morgan fingerprint density at radius 3 is 3.00 bits per heavy atom. The second-order valence-electron chi connectivity index (χ2n) is 3.85. The normalized spacial score (nSPS) is 14.8. The SMILES string of the molecule is CSc1nc2ccc(OC3=CCCC=C3)nc2s1. The van der Waals surface area contributed by atoms with E-state index in [0.29, 0.717) is 5.88 Å². The highest BCUT2D eigenvalue weighted by Crippen LogP contribution is 2.28. The third-order valence-corrected chi connectivity index (χ3v) is 4.52. The van der Waals surface area contributed by atoms with Gasteiger partial charge in [-0.25, -0.2) is 9.97 Å². The maximum atomic E-state index is 5.74. The maximum absolute atomic E-state index is 5.74. The van der Waals surface area contributed by atoms with Gasteiger partial charge in [0.2, 0.25) is 5.88 Å². The number of pyridine rings is 1. The minimum atomic E-state index is 0.636. The zero-order valence-electron chi connectivity index (χ0n) is 9.92. The van der Waals surface area contributed by atoms with Crippen molar-refractivity contribution in [3.8, 4) is 5.88 Å². The fourth-order valence-corrected chi connectivity index (χ4v) is 3.13. The second kappa shape index (κ2) is 5.12. The van der Waals surface area contributed by atoms with Gasteiger partial charge < -0.3 is 4.74 Å². The molecule has 2 aromatic heterocycles. The van der Waals surface area contributed by atoms with Crippen LogP contribution in [0.15, 0.2) is 40.5 Å². The van der Waals surface area contributed by atoms with Crippen molar-refractivity contribution >= 4 is 33.4 Å². The molecule has 5 heteroatoms. The van der Waals surface area contributed by atoms with Gasteiger partial charge in [0.25, 0.3) is 0 Å². The Balaban J connectivity index is 1.88. The van der Waals surface area contributed by atoms with E-state index in [1.165, 1.54) is 0 Å². The summed E-state index contributed by atoms with van der Waals surface area (Å²) >= 11 is 3.24. The topological polar surface area (TPSA) is 35.0 Å². The summed E-state index contributed by atoms with van der Waals surface area (Å²) in [7, 11) is 0. The minimum absolute atomic E-state index is 0.636. The first-order valence-corrected chi connectivity index (χ1v) is 7.75. The average molecular weight is 276 g/mol. The summed E-state index contributed by atoms with van der Waals surface area (Å²) in [6.45, 7) is 0. The number of thioether (sulfide) groups is 1. The maximum Gasteiger partial charge on any atom is 0.220 e. The van der Waals surface area contributed by atoms with Gasteiger partial charge in [0.15, 0.2) is 4.34 Å². The minimum Gasteiger partial charge on any atom is -0.439 e. The van der Waals surface area contributed by atoms with Crippen LogP contribution in [0.25, 0.3) is 10.3 Å². The number of fused-ring (bicyclic) bond motifs is 1. The Labute approximate surface area is 114 Å². The van der Waals surface area contributed by atoms with Crippen LogP contribution in [0.2, 0.25) is 0 Å². The predicted molar refractivity (Wildman–Crippen MR) is 76.3 cm³/mol. The molecule has 0 amide bonds. The molecule has 0 aliphatic heterocycles. The first kappa shape index (κ1) is 11.7. The molecule has 92 valence electrons. The van der Waals surface area contributed by atoms with E-state index in [9.17, 15) is 0 Å². The van der Waals surface area contributed by atoms with E-state index in [0.717, 1.165) is 33.3 Å². The van der Waals surface area contributed by atoms with Crippen LogP contribution in [-0.4, -0.2) is 16.2 Å². The standard InChI is InChI=1S/C13H12N2OS2/c1-17-13-14-10-7-8-11(15-12(10)18-13)16-9-5-3-2-4-6-9/h3,5-8H,2,4H2,1H3. The molecule has 0 saturated heterocycles. The molecule has 0 aromatic carbocycles. The van der Waals surface area contributed by atoms with Crippen LogP contribution < -0.4 is 4.74 Å². The molecular weight excluding hydrogens is 264 g/mol. The molecule has 0 bridgehead atoms. The largest absolute Gasteiger partial charge is 0.439 e. The molecule has 1 aliphatic carbocycles. The van der Waals surface area contributed by atoms with Crippen LogP contribution in [0.5, 0.6) is 5.88 Å². The summed E-state index contributed by atoms with van der Waals surface area (Å²) in [6.07, 6.45) is 10.3. The summed E-state index contributed by atoms with van der Waals surface area (Å²) in [5.74, 6) is 1.51. The van der Waals surface area contributed by atoms with Crippen molar-refractivity contribution in [2.24, 2.45) is 0 Å². The fourth-order valence-electron chi connectivity index (χ4n) is 1.71. The highest BCUT2D eigenvalue weighted by molar-refractivity contribution is 8.00. The molecule has 0 radical (unpaired) electrons. The summed E-state index contributed by atoms with van der Waals surface area (Å²) in [5.41, 5.74) is 0.935. The monoisotopic (exact) mass is 276 g/mol. The summed E-state index contributed by atoms with van der Waals surface area (Å²) in [5, 5.41) is 0. The number of rotatable bonds is 3. The quantitative estimate of drug-likeness (QED) is 0.793.